The predicted octanol–water partition coefficient (Wildman–Crippen LogP) is 3.69. The van der Waals surface area contributed by atoms with E-state index in [1.807, 2.05) is 6.07 Å². The number of likely N-dealkylation sites (tertiary alicyclic amines) is 1. The molecule has 1 N–H and O–H groups in total. The highest BCUT2D eigenvalue weighted by atomic mass is 16.2. The fraction of sp³-hybridized carbons (Fsp3) is 0.480. The Hall–Kier alpha value is -2.87. The van der Waals surface area contributed by atoms with Gasteiger partial charge in [-0.2, -0.15) is 0 Å². The van der Waals surface area contributed by atoms with Gasteiger partial charge in [0.1, 0.15) is 0 Å². The second-order valence-electron chi connectivity index (χ2n) is 8.85. The quantitative estimate of drug-likeness (QED) is 0.778. The SMILES string of the molecule is O=C([C@@H]1C[C@H]1c1ccccc1)N1CCC(CNc2ncc(C#CC3CC3)cn2)CC1. The number of carbonyl (C=O) groups excluding carboxylic acids is 1. The first-order valence-corrected chi connectivity index (χ1v) is 11.2. The number of piperidine rings is 1. The van der Waals surface area contributed by atoms with E-state index in [-0.39, 0.29) is 5.92 Å². The summed E-state index contributed by atoms with van der Waals surface area (Å²) >= 11 is 0. The second-order valence-corrected chi connectivity index (χ2v) is 8.85. The molecule has 0 radical (unpaired) electrons. The summed E-state index contributed by atoms with van der Waals surface area (Å²) in [6.45, 7) is 2.57. The minimum absolute atomic E-state index is 0.192. The van der Waals surface area contributed by atoms with Gasteiger partial charge in [-0.25, -0.2) is 9.97 Å². The molecule has 1 aromatic carbocycles. The van der Waals surface area contributed by atoms with Crippen LogP contribution in [-0.2, 0) is 4.79 Å². The molecule has 1 aliphatic heterocycles. The molecule has 5 rings (SSSR count). The van der Waals surface area contributed by atoms with Gasteiger partial charge in [-0.05, 0) is 49.5 Å². The highest BCUT2D eigenvalue weighted by Gasteiger charge is 2.46. The first kappa shape index (κ1) is 19.1. The summed E-state index contributed by atoms with van der Waals surface area (Å²) in [5.41, 5.74) is 2.19. The van der Waals surface area contributed by atoms with Crippen LogP contribution in [-0.4, -0.2) is 40.4 Å². The maximum absolute atomic E-state index is 12.8. The van der Waals surface area contributed by atoms with Crippen molar-refractivity contribution >= 4 is 11.9 Å². The Morgan fingerprint density at radius 1 is 1.07 bits per heavy atom. The number of nitrogens with one attached hydrogen (secondary N) is 1. The highest BCUT2D eigenvalue weighted by molar-refractivity contribution is 5.83. The zero-order chi connectivity index (χ0) is 20.3. The molecule has 154 valence electrons. The van der Waals surface area contributed by atoms with Gasteiger partial charge in [0.25, 0.3) is 0 Å². The molecule has 0 spiro atoms. The third-order valence-electron chi connectivity index (χ3n) is 6.46. The van der Waals surface area contributed by atoms with Gasteiger partial charge in [0, 0.05) is 43.9 Å². The van der Waals surface area contributed by atoms with Gasteiger partial charge in [-0.3, -0.25) is 4.79 Å². The van der Waals surface area contributed by atoms with Gasteiger partial charge >= 0.3 is 0 Å². The third kappa shape index (κ3) is 4.64. The normalized spacial score (nSPS) is 23.4. The lowest BCUT2D eigenvalue weighted by molar-refractivity contribution is -0.134. The van der Waals surface area contributed by atoms with Crippen molar-refractivity contribution in [2.45, 2.75) is 38.0 Å². The lowest BCUT2D eigenvalue weighted by Crippen LogP contribution is -2.40. The number of hydrogen-bond donors (Lipinski definition) is 1. The molecule has 2 aliphatic carbocycles. The standard InChI is InChI=1S/C25H28N4O/c30-24(23-14-22(23)21-4-2-1-3-5-21)29-12-10-19(11-13-29)15-26-25-27-16-20(17-28-25)9-8-18-6-7-18/h1-5,16-19,22-23H,6-7,10-15H2,(H,26,27,28)/t22-,23+/m0/s1. The van der Waals surface area contributed by atoms with Crippen molar-refractivity contribution in [3.8, 4) is 11.8 Å². The Balaban J connectivity index is 1.05. The molecule has 5 nitrogen and oxygen atoms in total. The molecule has 3 fully saturated rings. The van der Waals surface area contributed by atoms with Gasteiger partial charge in [-0.1, -0.05) is 42.2 Å². The lowest BCUT2D eigenvalue weighted by atomic mass is 9.96. The Morgan fingerprint density at radius 2 is 1.80 bits per heavy atom. The minimum atomic E-state index is 0.192. The first-order chi connectivity index (χ1) is 14.8. The molecule has 3 aliphatic rings. The molecule has 2 atom stereocenters. The summed E-state index contributed by atoms with van der Waals surface area (Å²) in [6.07, 6.45) is 9.12. The van der Waals surface area contributed by atoms with Crippen LogP contribution in [0.15, 0.2) is 42.7 Å². The van der Waals surface area contributed by atoms with E-state index in [2.05, 4.69) is 56.3 Å². The van der Waals surface area contributed by atoms with Crippen LogP contribution in [0.1, 0.15) is 49.1 Å². The third-order valence-corrected chi connectivity index (χ3v) is 6.46. The Labute approximate surface area is 178 Å². The average Bonchev–Trinajstić information content (AvgIpc) is 3.72. The molecular weight excluding hydrogens is 372 g/mol. The summed E-state index contributed by atoms with van der Waals surface area (Å²) in [6, 6.07) is 10.4. The topological polar surface area (TPSA) is 58.1 Å². The summed E-state index contributed by atoms with van der Waals surface area (Å²) in [7, 11) is 0. The van der Waals surface area contributed by atoms with E-state index < -0.39 is 0 Å². The number of carbonyl (C=O) groups is 1. The lowest BCUT2D eigenvalue weighted by Gasteiger charge is -2.32. The second kappa shape index (κ2) is 8.47. The molecule has 1 amide bonds. The summed E-state index contributed by atoms with van der Waals surface area (Å²) in [5, 5.41) is 3.35. The van der Waals surface area contributed by atoms with Crippen molar-refractivity contribution < 1.29 is 4.79 Å². The fourth-order valence-corrected chi connectivity index (χ4v) is 4.26. The molecule has 1 aromatic heterocycles. The van der Waals surface area contributed by atoms with E-state index in [0.29, 0.717) is 29.6 Å². The van der Waals surface area contributed by atoms with E-state index in [4.69, 9.17) is 0 Å². The molecule has 2 heterocycles. The van der Waals surface area contributed by atoms with Crippen LogP contribution in [0.5, 0.6) is 0 Å². The van der Waals surface area contributed by atoms with Gasteiger partial charge in [0.05, 0.1) is 5.56 Å². The zero-order valence-corrected chi connectivity index (χ0v) is 17.3. The van der Waals surface area contributed by atoms with Gasteiger partial charge in [0.2, 0.25) is 11.9 Å². The molecule has 2 saturated carbocycles. The largest absolute Gasteiger partial charge is 0.354 e. The predicted molar refractivity (Wildman–Crippen MR) is 117 cm³/mol. The molecule has 2 aromatic rings. The van der Waals surface area contributed by atoms with Crippen LogP contribution >= 0.6 is 0 Å². The monoisotopic (exact) mass is 400 g/mol. The number of nitrogens with zero attached hydrogens (tertiary/aromatic N) is 3. The number of benzene rings is 1. The summed E-state index contributed by atoms with van der Waals surface area (Å²) < 4.78 is 0. The molecular formula is C25H28N4O. The van der Waals surface area contributed by atoms with Crippen LogP contribution in [0.3, 0.4) is 0 Å². The molecule has 5 heteroatoms. The van der Waals surface area contributed by atoms with E-state index in [1.165, 1.54) is 18.4 Å². The summed E-state index contributed by atoms with van der Waals surface area (Å²) in [4.78, 5) is 23.7. The van der Waals surface area contributed by atoms with Gasteiger partial charge < -0.3 is 10.2 Å². The number of amides is 1. The summed E-state index contributed by atoms with van der Waals surface area (Å²) in [5.74, 6) is 9.14. The first-order valence-electron chi connectivity index (χ1n) is 11.2. The van der Waals surface area contributed by atoms with Crippen LogP contribution in [0.4, 0.5) is 5.95 Å². The number of anilines is 1. The van der Waals surface area contributed by atoms with Crippen LogP contribution in [0, 0.1) is 29.6 Å². The van der Waals surface area contributed by atoms with Crippen LogP contribution < -0.4 is 5.32 Å². The van der Waals surface area contributed by atoms with E-state index in [9.17, 15) is 4.79 Å². The van der Waals surface area contributed by atoms with Crippen molar-refractivity contribution in [3.05, 3.63) is 53.9 Å². The maximum atomic E-state index is 12.8. The number of rotatable bonds is 5. The molecule has 30 heavy (non-hydrogen) atoms. The van der Waals surface area contributed by atoms with Crippen molar-refractivity contribution in [1.29, 1.82) is 0 Å². The van der Waals surface area contributed by atoms with Crippen LogP contribution in [0.25, 0.3) is 0 Å². The Morgan fingerprint density at radius 3 is 2.50 bits per heavy atom. The van der Waals surface area contributed by atoms with Crippen molar-refractivity contribution in [2.75, 3.05) is 25.0 Å². The Bertz CT molecular complexity index is 935. The van der Waals surface area contributed by atoms with Crippen molar-refractivity contribution in [3.63, 3.8) is 0 Å². The van der Waals surface area contributed by atoms with Gasteiger partial charge in [0.15, 0.2) is 0 Å². The fourth-order valence-electron chi connectivity index (χ4n) is 4.26. The van der Waals surface area contributed by atoms with Crippen LogP contribution in [0.2, 0.25) is 0 Å². The average molecular weight is 401 g/mol. The van der Waals surface area contributed by atoms with E-state index >= 15 is 0 Å². The Kier molecular flexibility index (Phi) is 5.40. The maximum Gasteiger partial charge on any atom is 0.226 e. The van der Waals surface area contributed by atoms with E-state index in [0.717, 1.165) is 44.5 Å². The van der Waals surface area contributed by atoms with Crippen molar-refractivity contribution in [1.82, 2.24) is 14.9 Å². The minimum Gasteiger partial charge on any atom is -0.354 e. The molecule has 0 bridgehead atoms. The highest BCUT2D eigenvalue weighted by Crippen LogP contribution is 2.48. The molecule has 0 unspecified atom stereocenters. The van der Waals surface area contributed by atoms with Crippen molar-refractivity contribution in [2.24, 2.45) is 17.8 Å². The smallest absolute Gasteiger partial charge is 0.226 e. The molecule has 1 saturated heterocycles. The zero-order valence-electron chi connectivity index (χ0n) is 17.3. The number of aromatic nitrogens is 2. The number of hydrogen-bond acceptors (Lipinski definition) is 4. The van der Waals surface area contributed by atoms with Gasteiger partial charge in [-0.15, -0.1) is 0 Å². The van der Waals surface area contributed by atoms with E-state index in [1.54, 1.807) is 12.4 Å².